The number of rotatable bonds is 7. The maximum atomic E-state index is 12.5. The fraction of sp³-hybridized carbons (Fsp3) is 0.917. The summed E-state index contributed by atoms with van der Waals surface area (Å²) in [5.74, 6) is 1.05. The Morgan fingerprint density at radius 3 is 2.40 bits per heavy atom. The van der Waals surface area contributed by atoms with Crippen molar-refractivity contribution in [3.05, 3.63) is 0 Å². The Hall–Kier alpha value is -1.14. The molecule has 0 aromatic heterocycles. The van der Waals surface area contributed by atoms with Gasteiger partial charge < -0.3 is 14.5 Å². The Kier molecular flexibility index (Phi) is 8.99. The van der Waals surface area contributed by atoms with E-state index in [1.807, 2.05) is 6.92 Å². The number of piperidine rings is 2. The van der Waals surface area contributed by atoms with Gasteiger partial charge in [-0.3, -0.25) is 14.5 Å². The van der Waals surface area contributed by atoms with Crippen molar-refractivity contribution in [2.75, 3.05) is 45.9 Å². The van der Waals surface area contributed by atoms with E-state index in [0.29, 0.717) is 36.9 Å². The van der Waals surface area contributed by atoms with Crippen molar-refractivity contribution >= 4 is 11.9 Å². The van der Waals surface area contributed by atoms with Crippen molar-refractivity contribution < 1.29 is 14.3 Å². The highest BCUT2D eigenvalue weighted by molar-refractivity contribution is 5.76. The zero-order valence-corrected chi connectivity index (χ0v) is 19.5. The van der Waals surface area contributed by atoms with E-state index >= 15 is 0 Å². The standard InChI is InChI=1S/C24H43N3O3/c1-4-30-24(29)20-6-5-13-27(18-20)22-10-15-25(16-11-22)21-7-8-23(28)26(17-12-21)14-9-19(2)3/h19-22H,4-18H2,1-3H3. The number of ether oxygens (including phenoxy) is 1. The van der Waals surface area contributed by atoms with Crippen molar-refractivity contribution in [3.63, 3.8) is 0 Å². The Labute approximate surface area is 183 Å². The summed E-state index contributed by atoms with van der Waals surface area (Å²) in [5, 5.41) is 0. The van der Waals surface area contributed by atoms with Gasteiger partial charge in [-0.2, -0.15) is 0 Å². The van der Waals surface area contributed by atoms with Gasteiger partial charge in [-0.1, -0.05) is 13.8 Å². The maximum absolute atomic E-state index is 12.5. The number of carbonyl (C=O) groups is 2. The summed E-state index contributed by atoms with van der Waals surface area (Å²) in [4.78, 5) is 32.0. The molecule has 3 aliphatic rings. The molecule has 6 heteroatoms. The topological polar surface area (TPSA) is 53.1 Å². The molecule has 30 heavy (non-hydrogen) atoms. The molecule has 2 atom stereocenters. The van der Waals surface area contributed by atoms with Crippen molar-refractivity contribution in [1.29, 1.82) is 0 Å². The minimum atomic E-state index is -0.00946. The van der Waals surface area contributed by atoms with E-state index in [-0.39, 0.29) is 11.9 Å². The van der Waals surface area contributed by atoms with Crippen LogP contribution in [0.15, 0.2) is 0 Å². The Bertz CT molecular complexity index is 560. The molecular weight excluding hydrogens is 378 g/mol. The van der Waals surface area contributed by atoms with Crippen LogP contribution in [0.5, 0.6) is 0 Å². The van der Waals surface area contributed by atoms with Gasteiger partial charge in [-0.05, 0) is 77.4 Å². The molecule has 0 spiro atoms. The molecule has 3 aliphatic heterocycles. The van der Waals surface area contributed by atoms with E-state index in [9.17, 15) is 9.59 Å². The van der Waals surface area contributed by atoms with Crippen molar-refractivity contribution in [2.45, 2.75) is 84.2 Å². The Morgan fingerprint density at radius 1 is 1.00 bits per heavy atom. The number of carbonyl (C=O) groups excluding carboxylic acids is 2. The van der Waals surface area contributed by atoms with E-state index < -0.39 is 0 Å². The second-order valence-electron chi connectivity index (χ2n) is 9.90. The van der Waals surface area contributed by atoms with Gasteiger partial charge in [-0.25, -0.2) is 0 Å². The van der Waals surface area contributed by atoms with Gasteiger partial charge in [-0.15, -0.1) is 0 Å². The third-order valence-corrected chi connectivity index (χ3v) is 7.36. The van der Waals surface area contributed by atoms with Crippen LogP contribution >= 0.6 is 0 Å². The molecule has 0 aliphatic carbocycles. The lowest BCUT2D eigenvalue weighted by Gasteiger charge is -2.43. The zero-order valence-electron chi connectivity index (χ0n) is 19.5. The first kappa shape index (κ1) is 23.5. The van der Waals surface area contributed by atoms with E-state index in [1.165, 1.54) is 12.8 Å². The molecule has 172 valence electrons. The summed E-state index contributed by atoms with van der Waals surface area (Å²) in [7, 11) is 0. The molecule has 0 saturated carbocycles. The van der Waals surface area contributed by atoms with Crippen LogP contribution in [-0.4, -0.2) is 84.5 Å². The van der Waals surface area contributed by atoms with Gasteiger partial charge in [0.15, 0.2) is 0 Å². The van der Waals surface area contributed by atoms with Crippen LogP contribution in [0.4, 0.5) is 0 Å². The normalized spacial score (nSPS) is 28.0. The third kappa shape index (κ3) is 6.43. The van der Waals surface area contributed by atoms with Gasteiger partial charge >= 0.3 is 5.97 Å². The lowest BCUT2D eigenvalue weighted by Crippen LogP contribution is -2.51. The van der Waals surface area contributed by atoms with Gasteiger partial charge in [0.25, 0.3) is 0 Å². The molecule has 3 rings (SSSR count). The predicted octanol–water partition coefficient (Wildman–Crippen LogP) is 3.15. The van der Waals surface area contributed by atoms with E-state index in [4.69, 9.17) is 4.74 Å². The maximum Gasteiger partial charge on any atom is 0.310 e. The molecule has 0 aromatic carbocycles. The number of nitrogens with zero attached hydrogens (tertiary/aromatic N) is 3. The minimum absolute atomic E-state index is 0.00946. The van der Waals surface area contributed by atoms with Crippen molar-refractivity contribution in [2.24, 2.45) is 11.8 Å². The SMILES string of the molecule is CCOC(=O)C1CCCN(C2CCN(C3CCC(=O)N(CCC(C)C)CC3)CC2)C1. The number of esters is 1. The first-order valence-electron chi connectivity index (χ1n) is 12.4. The summed E-state index contributed by atoms with van der Waals surface area (Å²) in [6.07, 6.45) is 8.35. The van der Waals surface area contributed by atoms with Gasteiger partial charge in [0.05, 0.1) is 12.5 Å². The molecule has 2 unspecified atom stereocenters. The number of hydrogen-bond donors (Lipinski definition) is 0. The van der Waals surface area contributed by atoms with Crippen LogP contribution in [0.25, 0.3) is 0 Å². The first-order chi connectivity index (χ1) is 14.5. The van der Waals surface area contributed by atoms with Crippen LogP contribution in [-0.2, 0) is 14.3 Å². The second-order valence-corrected chi connectivity index (χ2v) is 9.90. The fourth-order valence-corrected chi connectivity index (χ4v) is 5.44. The minimum Gasteiger partial charge on any atom is -0.466 e. The monoisotopic (exact) mass is 421 g/mol. The fourth-order valence-electron chi connectivity index (χ4n) is 5.44. The molecule has 3 saturated heterocycles. The van der Waals surface area contributed by atoms with Crippen LogP contribution in [0, 0.1) is 11.8 Å². The highest BCUT2D eigenvalue weighted by atomic mass is 16.5. The third-order valence-electron chi connectivity index (χ3n) is 7.36. The molecule has 0 bridgehead atoms. The molecule has 0 aromatic rings. The molecule has 3 fully saturated rings. The van der Waals surface area contributed by atoms with Crippen LogP contribution in [0.3, 0.4) is 0 Å². The largest absolute Gasteiger partial charge is 0.466 e. The summed E-state index contributed by atoms with van der Waals surface area (Å²) in [6, 6.07) is 1.14. The Balaban J connectivity index is 1.45. The van der Waals surface area contributed by atoms with E-state index in [0.717, 1.165) is 71.4 Å². The smallest absolute Gasteiger partial charge is 0.310 e. The quantitative estimate of drug-likeness (QED) is 0.591. The molecule has 3 heterocycles. The number of amides is 1. The average molecular weight is 422 g/mol. The molecule has 1 amide bonds. The molecule has 6 nitrogen and oxygen atoms in total. The summed E-state index contributed by atoms with van der Waals surface area (Å²) < 4.78 is 5.27. The van der Waals surface area contributed by atoms with Crippen molar-refractivity contribution in [3.8, 4) is 0 Å². The van der Waals surface area contributed by atoms with Gasteiger partial charge in [0.1, 0.15) is 0 Å². The van der Waals surface area contributed by atoms with E-state index in [2.05, 4.69) is 28.5 Å². The van der Waals surface area contributed by atoms with Crippen molar-refractivity contribution in [1.82, 2.24) is 14.7 Å². The first-order valence-corrected chi connectivity index (χ1v) is 12.4. The van der Waals surface area contributed by atoms with Crippen LogP contribution in [0.2, 0.25) is 0 Å². The lowest BCUT2D eigenvalue weighted by atomic mass is 9.93. The average Bonchev–Trinajstić information content (AvgIpc) is 2.94. The lowest BCUT2D eigenvalue weighted by molar-refractivity contribution is -0.150. The zero-order chi connectivity index (χ0) is 21.5. The van der Waals surface area contributed by atoms with Gasteiger partial charge in [0.2, 0.25) is 5.91 Å². The second kappa shape index (κ2) is 11.5. The highest BCUT2D eigenvalue weighted by Crippen LogP contribution is 2.27. The molecule has 0 N–H and O–H groups in total. The summed E-state index contributed by atoms with van der Waals surface area (Å²) in [6.45, 7) is 12.9. The summed E-state index contributed by atoms with van der Waals surface area (Å²) in [5.41, 5.74) is 0. The molecular formula is C24H43N3O3. The molecule has 0 radical (unpaired) electrons. The highest BCUT2D eigenvalue weighted by Gasteiger charge is 2.34. The van der Waals surface area contributed by atoms with Crippen LogP contribution < -0.4 is 0 Å². The number of likely N-dealkylation sites (tertiary alicyclic amines) is 3. The van der Waals surface area contributed by atoms with E-state index in [1.54, 1.807) is 0 Å². The van der Waals surface area contributed by atoms with Crippen LogP contribution in [0.1, 0.15) is 72.1 Å². The van der Waals surface area contributed by atoms with Gasteiger partial charge in [0, 0.05) is 38.1 Å². The summed E-state index contributed by atoms with van der Waals surface area (Å²) >= 11 is 0. The Morgan fingerprint density at radius 2 is 1.70 bits per heavy atom. The number of hydrogen-bond acceptors (Lipinski definition) is 5. The predicted molar refractivity (Wildman–Crippen MR) is 119 cm³/mol.